The van der Waals surface area contributed by atoms with Crippen molar-refractivity contribution in [3.05, 3.63) is 71.6 Å². The fourth-order valence-corrected chi connectivity index (χ4v) is 2.71. The van der Waals surface area contributed by atoms with Crippen molar-refractivity contribution in [3.63, 3.8) is 0 Å². The van der Waals surface area contributed by atoms with Gasteiger partial charge in [-0.15, -0.1) is 0 Å². The third-order valence-corrected chi connectivity index (χ3v) is 4.15. The number of rotatable bonds is 6. The predicted octanol–water partition coefficient (Wildman–Crippen LogP) is 2.48. The van der Waals surface area contributed by atoms with Crippen LogP contribution in [0.15, 0.2) is 48.9 Å². The molecule has 7 nitrogen and oxygen atoms in total. The van der Waals surface area contributed by atoms with E-state index in [1.165, 1.54) is 13.1 Å². The summed E-state index contributed by atoms with van der Waals surface area (Å²) in [7, 11) is 3.46. The Hall–Kier alpha value is -3.35. The number of ketones is 1. The highest BCUT2D eigenvalue weighted by Gasteiger charge is 2.23. The Morgan fingerprint density at radius 2 is 2.12 bits per heavy atom. The zero-order valence-electron chi connectivity index (χ0n) is 14.8. The summed E-state index contributed by atoms with van der Waals surface area (Å²) in [6, 6.07) is 8.52. The Bertz CT molecular complexity index is 942. The molecule has 0 spiro atoms. The van der Waals surface area contributed by atoms with E-state index in [1.54, 1.807) is 19.4 Å². The summed E-state index contributed by atoms with van der Waals surface area (Å²) in [5, 5.41) is 2.98. The topological polar surface area (TPSA) is 89.0 Å². The zero-order chi connectivity index (χ0) is 18.7. The molecule has 1 aromatic carbocycles. The number of aromatic nitrogens is 3. The van der Waals surface area contributed by atoms with Gasteiger partial charge in [0.25, 0.3) is 5.91 Å². The van der Waals surface area contributed by atoms with Gasteiger partial charge in [-0.1, -0.05) is 12.1 Å². The minimum absolute atomic E-state index is 0.103. The molecular weight excluding hydrogens is 332 g/mol. The Morgan fingerprint density at radius 3 is 2.73 bits per heavy atom. The van der Waals surface area contributed by atoms with Crippen LogP contribution in [-0.4, -0.2) is 33.3 Å². The molecule has 0 aliphatic heterocycles. The largest absolute Gasteiger partial charge is 0.497 e. The van der Waals surface area contributed by atoms with Crippen LogP contribution in [-0.2, 0) is 7.05 Å². The van der Waals surface area contributed by atoms with Crippen LogP contribution < -0.4 is 10.1 Å². The first-order chi connectivity index (χ1) is 12.5. The quantitative estimate of drug-likeness (QED) is 0.667. The molecule has 0 aliphatic rings. The number of H-pyrrole nitrogens is 1. The highest BCUT2D eigenvalue weighted by Crippen LogP contribution is 2.24. The van der Waals surface area contributed by atoms with Crippen molar-refractivity contribution < 1.29 is 14.3 Å². The number of carbonyl (C=O) groups excluding carboxylic acids is 2. The molecule has 0 radical (unpaired) electrons. The van der Waals surface area contributed by atoms with Crippen molar-refractivity contribution in [2.75, 3.05) is 7.11 Å². The standard InChI is InChI=1S/C19H20N4O3/c1-12(24)14-10-16(21-11-14)19(25)22-17(18-20-7-8-23(18)2)13-5-4-6-15(9-13)26-3/h4-11,17,21H,1-3H3,(H,22,25). The Labute approximate surface area is 151 Å². The number of nitrogens with zero attached hydrogens (tertiary/aromatic N) is 2. The lowest BCUT2D eigenvalue weighted by Crippen LogP contribution is -2.31. The van der Waals surface area contributed by atoms with Crippen molar-refractivity contribution in [2.24, 2.45) is 7.05 Å². The van der Waals surface area contributed by atoms with Gasteiger partial charge in [0.15, 0.2) is 5.78 Å². The van der Waals surface area contributed by atoms with E-state index < -0.39 is 6.04 Å². The molecule has 2 heterocycles. The van der Waals surface area contributed by atoms with Gasteiger partial charge in [0, 0.05) is 31.2 Å². The highest BCUT2D eigenvalue weighted by molar-refractivity contribution is 5.99. The number of carbonyl (C=O) groups is 2. The highest BCUT2D eigenvalue weighted by atomic mass is 16.5. The maximum absolute atomic E-state index is 12.7. The molecule has 1 atom stereocenters. The molecule has 0 aliphatic carbocycles. The number of methoxy groups -OCH3 is 1. The van der Waals surface area contributed by atoms with Crippen LogP contribution >= 0.6 is 0 Å². The average Bonchev–Trinajstić information content (AvgIpc) is 3.29. The number of amides is 1. The molecule has 2 aromatic heterocycles. The molecule has 134 valence electrons. The molecule has 0 saturated heterocycles. The Kier molecular flexibility index (Phi) is 4.88. The van der Waals surface area contributed by atoms with Gasteiger partial charge >= 0.3 is 0 Å². The lowest BCUT2D eigenvalue weighted by Gasteiger charge is -2.19. The van der Waals surface area contributed by atoms with Gasteiger partial charge < -0.3 is 19.6 Å². The van der Waals surface area contributed by atoms with Crippen LogP contribution in [0.1, 0.15) is 45.2 Å². The van der Waals surface area contributed by atoms with Gasteiger partial charge in [-0.05, 0) is 30.7 Å². The van der Waals surface area contributed by atoms with E-state index in [2.05, 4.69) is 15.3 Å². The molecule has 2 N–H and O–H groups in total. The maximum Gasteiger partial charge on any atom is 0.268 e. The number of ether oxygens (including phenoxy) is 1. The SMILES string of the molecule is COc1cccc(C(NC(=O)c2cc(C(C)=O)c[nH]2)c2nccn2C)c1. The van der Waals surface area contributed by atoms with E-state index in [0.717, 1.165) is 5.56 Å². The van der Waals surface area contributed by atoms with Crippen molar-refractivity contribution in [1.29, 1.82) is 0 Å². The van der Waals surface area contributed by atoms with Crippen molar-refractivity contribution in [2.45, 2.75) is 13.0 Å². The molecule has 1 amide bonds. The smallest absolute Gasteiger partial charge is 0.268 e. The van der Waals surface area contributed by atoms with E-state index in [4.69, 9.17) is 4.74 Å². The number of nitrogens with one attached hydrogen (secondary N) is 2. The minimum atomic E-state index is -0.471. The lowest BCUT2D eigenvalue weighted by atomic mass is 10.1. The van der Waals surface area contributed by atoms with Gasteiger partial charge in [-0.3, -0.25) is 9.59 Å². The second kappa shape index (κ2) is 7.26. The molecule has 26 heavy (non-hydrogen) atoms. The number of benzene rings is 1. The summed E-state index contributed by atoms with van der Waals surface area (Å²) in [6.07, 6.45) is 5.02. The van der Waals surface area contributed by atoms with Gasteiger partial charge in [-0.2, -0.15) is 0 Å². The zero-order valence-corrected chi connectivity index (χ0v) is 14.8. The molecule has 3 aromatic rings. The summed E-state index contributed by atoms with van der Waals surface area (Å²) >= 11 is 0. The molecule has 1 unspecified atom stereocenters. The fraction of sp³-hybridized carbons (Fsp3) is 0.211. The number of hydrogen-bond acceptors (Lipinski definition) is 4. The first-order valence-corrected chi connectivity index (χ1v) is 8.11. The second-order valence-electron chi connectivity index (χ2n) is 5.94. The van der Waals surface area contributed by atoms with Crippen molar-refractivity contribution in [1.82, 2.24) is 19.9 Å². The summed E-state index contributed by atoms with van der Waals surface area (Å²) in [5.74, 6) is 0.946. The monoisotopic (exact) mass is 352 g/mol. The van der Waals surface area contributed by atoms with Crippen LogP contribution in [0, 0.1) is 0 Å². The lowest BCUT2D eigenvalue weighted by molar-refractivity contribution is 0.0936. The van der Waals surface area contributed by atoms with Crippen LogP contribution in [0.5, 0.6) is 5.75 Å². The first kappa shape index (κ1) is 17.5. The Morgan fingerprint density at radius 1 is 1.31 bits per heavy atom. The number of hydrogen-bond donors (Lipinski definition) is 2. The van der Waals surface area contributed by atoms with Crippen LogP contribution in [0.4, 0.5) is 0 Å². The molecule has 0 bridgehead atoms. The van der Waals surface area contributed by atoms with E-state index in [0.29, 0.717) is 22.8 Å². The molecule has 0 saturated carbocycles. The number of imidazole rings is 1. The Balaban J connectivity index is 1.94. The first-order valence-electron chi connectivity index (χ1n) is 8.11. The van der Waals surface area contributed by atoms with Gasteiger partial charge in [0.05, 0.1) is 7.11 Å². The van der Waals surface area contributed by atoms with E-state index in [1.807, 2.05) is 42.1 Å². The predicted molar refractivity (Wildman–Crippen MR) is 96.3 cm³/mol. The second-order valence-corrected chi connectivity index (χ2v) is 5.94. The number of aryl methyl sites for hydroxylation is 1. The van der Waals surface area contributed by atoms with Crippen molar-refractivity contribution >= 4 is 11.7 Å². The third-order valence-electron chi connectivity index (χ3n) is 4.15. The van der Waals surface area contributed by atoms with Crippen molar-refractivity contribution in [3.8, 4) is 5.75 Å². The summed E-state index contributed by atoms with van der Waals surface area (Å²) in [4.78, 5) is 31.4. The minimum Gasteiger partial charge on any atom is -0.497 e. The molecule has 7 heteroatoms. The maximum atomic E-state index is 12.7. The summed E-state index contributed by atoms with van der Waals surface area (Å²) in [5.41, 5.74) is 1.62. The van der Waals surface area contributed by atoms with E-state index in [-0.39, 0.29) is 11.7 Å². The average molecular weight is 352 g/mol. The van der Waals surface area contributed by atoms with Gasteiger partial charge in [-0.25, -0.2) is 4.98 Å². The molecule has 0 fully saturated rings. The molecular formula is C19H20N4O3. The summed E-state index contributed by atoms with van der Waals surface area (Å²) in [6.45, 7) is 1.46. The van der Waals surface area contributed by atoms with Crippen LogP contribution in [0.2, 0.25) is 0 Å². The van der Waals surface area contributed by atoms with Gasteiger partial charge in [0.1, 0.15) is 23.3 Å². The summed E-state index contributed by atoms with van der Waals surface area (Å²) < 4.78 is 7.14. The van der Waals surface area contributed by atoms with Gasteiger partial charge in [0.2, 0.25) is 0 Å². The third kappa shape index (κ3) is 3.51. The van der Waals surface area contributed by atoms with E-state index >= 15 is 0 Å². The van der Waals surface area contributed by atoms with Crippen LogP contribution in [0.3, 0.4) is 0 Å². The molecule has 3 rings (SSSR count). The normalized spacial score (nSPS) is 11.8. The fourth-order valence-electron chi connectivity index (χ4n) is 2.71. The number of Topliss-reactive ketones (excluding diaryl/α,β-unsaturated/α-hetero) is 1. The van der Waals surface area contributed by atoms with Crippen LogP contribution in [0.25, 0.3) is 0 Å². The van der Waals surface area contributed by atoms with E-state index in [9.17, 15) is 9.59 Å². The number of aromatic amines is 1.